The lowest BCUT2D eigenvalue weighted by Crippen LogP contribution is -2.38. The predicted molar refractivity (Wildman–Crippen MR) is 140 cm³/mol. The number of carbonyl (C=O) groups is 1. The van der Waals surface area contributed by atoms with Gasteiger partial charge in [0.25, 0.3) is 5.91 Å². The van der Waals surface area contributed by atoms with Crippen LogP contribution in [0.1, 0.15) is 76.6 Å². The Morgan fingerprint density at radius 3 is 2.49 bits per heavy atom. The van der Waals surface area contributed by atoms with Gasteiger partial charge in [-0.2, -0.15) is 5.26 Å². The molecule has 8 heteroatoms. The zero-order valence-corrected chi connectivity index (χ0v) is 21.5. The number of hydrogen-bond donors (Lipinski definition) is 1. The van der Waals surface area contributed by atoms with Crippen molar-refractivity contribution in [3.05, 3.63) is 64.2 Å². The van der Waals surface area contributed by atoms with Crippen molar-refractivity contribution in [3.63, 3.8) is 0 Å². The van der Waals surface area contributed by atoms with Gasteiger partial charge in [-0.1, -0.05) is 29.7 Å². The number of methoxy groups -OCH3 is 1. The number of aromatic amines is 1. The molecule has 0 unspecified atom stereocenters. The van der Waals surface area contributed by atoms with E-state index in [1.165, 1.54) is 17.5 Å². The fourth-order valence-corrected chi connectivity index (χ4v) is 5.29. The lowest BCUT2D eigenvalue weighted by Gasteiger charge is -2.33. The monoisotopic (exact) mass is 499 g/mol. The van der Waals surface area contributed by atoms with Crippen LogP contribution in [0.5, 0.6) is 6.01 Å². The van der Waals surface area contributed by atoms with E-state index in [1.54, 1.807) is 7.11 Å². The number of nitrogens with one attached hydrogen (secondary N) is 1. The van der Waals surface area contributed by atoms with Crippen molar-refractivity contribution in [2.24, 2.45) is 0 Å². The molecule has 5 rings (SSSR count). The molecule has 1 aromatic heterocycles. The van der Waals surface area contributed by atoms with Crippen molar-refractivity contribution in [2.75, 3.05) is 33.4 Å². The summed E-state index contributed by atoms with van der Waals surface area (Å²) >= 11 is 0. The Morgan fingerprint density at radius 2 is 1.84 bits per heavy atom. The molecule has 0 atom stereocenters. The predicted octanol–water partition coefficient (Wildman–Crippen LogP) is 4.96. The molecule has 1 aliphatic heterocycles. The Bertz CT molecular complexity index is 1280. The van der Waals surface area contributed by atoms with Crippen LogP contribution in [0.15, 0.2) is 36.4 Å². The summed E-state index contributed by atoms with van der Waals surface area (Å²) in [5.41, 5.74) is 5.78. The maximum atomic E-state index is 13.7. The first-order chi connectivity index (χ1) is 18.1. The molecule has 0 bridgehead atoms. The van der Waals surface area contributed by atoms with Crippen molar-refractivity contribution in [3.8, 4) is 23.5 Å². The van der Waals surface area contributed by atoms with E-state index < -0.39 is 0 Å². The maximum absolute atomic E-state index is 13.7. The van der Waals surface area contributed by atoms with Crippen molar-refractivity contribution < 1.29 is 14.3 Å². The summed E-state index contributed by atoms with van der Waals surface area (Å²) in [6, 6.07) is 14.5. The minimum Gasteiger partial charge on any atom is -0.461 e. The van der Waals surface area contributed by atoms with E-state index >= 15 is 0 Å². The number of nitrogens with zero attached hydrogens (tertiary/aromatic N) is 4. The highest BCUT2D eigenvalue weighted by atomic mass is 16.5. The molecular formula is C29H33N5O3. The van der Waals surface area contributed by atoms with E-state index in [1.807, 2.05) is 42.2 Å². The first-order valence-electron chi connectivity index (χ1n) is 13.1. The number of aromatic nitrogens is 3. The molecule has 37 heavy (non-hydrogen) atoms. The molecule has 2 heterocycles. The highest BCUT2D eigenvalue weighted by Gasteiger charge is 2.29. The van der Waals surface area contributed by atoms with Crippen molar-refractivity contribution in [1.29, 1.82) is 5.26 Å². The molecular weight excluding hydrogens is 466 g/mol. The largest absolute Gasteiger partial charge is 0.461 e. The molecule has 1 amide bonds. The van der Waals surface area contributed by atoms with Crippen molar-refractivity contribution >= 4 is 5.91 Å². The van der Waals surface area contributed by atoms with E-state index in [4.69, 9.17) is 14.7 Å². The van der Waals surface area contributed by atoms with Gasteiger partial charge in [-0.25, -0.2) is 0 Å². The normalized spacial score (nSPS) is 16.3. The number of aryl methyl sites for hydroxylation is 1. The van der Waals surface area contributed by atoms with Gasteiger partial charge in [0.2, 0.25) is 0 Å². The second kappa shape index (κ2) is 11.1. The Balaban J connectivity index is 1.34. The van der Waals surface area contributed by atoms with Crippen LogP contribution in [0.2, 0.25) is 0 Å². The minimum absolute atomic E-state index is 0.0632. The fourth-order valence-electron chi connectivity index (χ4n) is 5.29. The van der Waals surface area contributed by atoms with Crippen LogP contribution in [0.4, 0.5) is 0 Å². The number of nitriles is 1. The quantitative estimate of drug-likeness (QED) is 0.439. The van der Waals surface area contributed by atoms with E-state index in [-0.39, 0.29) is 5.91 Å². The van der Waals surface area contributed by atoms with Gasteiger partial charge in [0.15, 0.2) is 5.82 Å². The summed E-state index contributed by atoms with van der Waals surface area (Å²) in [5, 5.41) is 17.5. The van der Waals surface area contributed by atoms with E-state index in [0.717, 1.165) is 36.8 Å². The molecule has 3 aromatic rings. The second-order valence-electron chi connectivity index (χ2n) is 10.0. The number of amides is 1. The van der Waals surface area contributed by atoms with Crippen molar-refractivity contribution in [2.45, 2.75) is 50.9 Å². The van der Waals surface area contributed by atoms with Crippen LogP contribution < -0.4 is 4.74 Å². The van der Waals surface area contributed by atoms with Crippen LogP contribution in [0.3, 0.4) is 0 Å². The Hall–Kier alpha value is -3.70. The second-order valence-corrected chi connectivity index (χ2v) is 10.0. The number of hydrogen-bond acceptors (Lipinski definition) is 6. The molecule has 2 aliphatic rings. The van der Waals surface area contributed by atoms with Crippen LogP contribution in [-0.2, 0) is 4.74 Å². The molecule has 1 aliphatic carbocycles. The van der Waals surface area contributed by atoms with Gasteiger partial charge in [0.1, 0.15) is 6.61 Å². The average Bonchev–Trinajstić information content (AvgIpc) is 3.36. The number of carbonyl (C=O) groups excluding carboxylic acids is 1. The molecule has 8 nitrogen and oxygen atoms in total. The molecule has 0 radical (unpaired) electrons. The van der Waals surface area contributed by atoms with Gasteiger partial charge in [-0.05, 0) is 79.3 Å². The zero-order chi connectivity index (χ0) is 25.8. The zero-order valence-electron chi connectivity index (χ0n) is 21.5. The van der Waals surface area contributed by atoms with Crippen LogP contribution in [-0.4, -0.2) is 59.4 Å². The maximum Gasteiger partial charge on any atom is 0.314 e. The van der Waals surface area contributed by atoms with Gasteiger partial charge in [0.05, 0.1) is 18.2 Å². The first kappa shape index (κ1) is 25.0. The average molecular weight is 500 g/mol. The van der Waals surface area contributed by atoms with E-state index in [2.05, 4.69) is 27.3 Å². The number of rotatable bonds is 8. The highest BCUT2D eigenvalue weighted by Crippen LogP contribution is 2.42. The third-order valence-corrected chi connectivity index (χ3v) is 7.71. The molecule has 1 N–H and O–H groups in total. The minimum atomic E-state index is 0.0632. The number of benzene rings is 2. The molecule has 1 saturated carbocycles. The van der Waals surface area contributed by atoms with Crippen LogP contribution in [0, 0.1) is 18.3 Å². The van der Waals surface area contributed by atoms with Gasteiger partial charge in [-0.15, -0.1) is 5.10 Å². The Kier molecular flexibility index (Phi) is 7.52. The van der Waals surface area contributed by atoms with Gasteiger partial charge < -0.3 is 14.4 Å². The summed E-state index contributed by atoms with van der Waals surface area (Å²) in [5.74, 6) is 1.57. The molecule has 2 aromatic carbocycles. The van der Waals surface area contributed by atoms with Gasteiger partial charge in [0, 0.05) is 31.3 Å². The highest BCUT2D eigenvalue weighted by molar-refractivity contribution is 5.97. The van der Waals surface area contributed by atoms with Gasteiger partial charge in [-0.3, -0.25) is 9.78 Å². The number of ether oxygens (including phenoxy) is 2. The fraction of sp³-hybridized carbons (Fsp3) is 0.448. The first-order valence-corrected chi connectivity index (χ1v) is 13.1. The smallest absolute Gasteiger partial charge is 0.314 e. The lowest BCUT2D eigenvalue weighted by atomic mass is 9.77. The standard InChI is InChI=1S/C29H33N5O3/c1-19-16-25(23-4-3-5-23)26(27-31-29(33-32-27)37-15-14-36-2)17-24(19)28(35)34-12-10-22(11-13-34)21-8-6-20(18-30)7-9-21/h6-9,16-17,22-23H,3-5,10-15H2,1-2H3,(H,31,32,33). The number of likely N-dealkylation sites (tertiary alicyclic amines) is 1. The summed E-state index contributed by atoms with van der Waals surface area (Å²) in [6.45, 7) is 4.30. The topological polar surface area (TPSA) is 104 Å². The summed E-state index contributed by atoms with van der Waals surface area (Å²) in [4.78, 5) is 18.8. The third kappa shape index (κ3) is 5.37. The Morgan fingerprint density at radius 1 is 1.08 bits per heavy atom. The summed E-state index contributed by atoms with van der Waals surface area (Å²) in [7, 11) is 1.63. The van der Waals surface area contributed by atoms with E-state index in [9.17, 15) is 4.79 Å². The Labute approximate surface area is 217 Å². The van der Waals surface area contributed by atoms with E-state index in [0.29, 0.717) is 61.1 Å². The molecule has 2 fully saturated rings. The summed E-state index contributed by atoms with van der Waals surface area (Å²) < 4.78 is 10.6. The summed E-state index contributed by atoms with van der Waals surface area (Å²) in [6.07, 6.45) is 5.34. The van der Waals surface area contributed by atoms with Crippen LogP contribution >= 0.6 is 0 Å². The van der Waals surface area contributed by atoms with Crippen LogP contribution in [0.25, 0.3) is 11.4 Å². The molecule has 0 spiro atoms. The SMILES string of the molecule is COCCOc1nnc(-c2cc(C(=O)N3CCC(c4ccc(C#N)cc4)CC3)c(C)cc2C2CCC2)[nH]1. The van der Waals surface area contributed by atoms with Crippen molar-refractivity contribution in [1.82, 2.24) is 20.1 Å². The van der Waals surface area contributed by atoms with Gasteiger partial charge >= 0.3 is 6.01 Å². The number of H-pyrrole nitrogens is 1. The molecule has 192 valence electrons. The molecule has 1 saturated heterocycles. The third-order valence-electron chi connectivity index (χ3n) is 7.71. The number of piperidine rings is 1. The lowest BCUT2D eigenvalue weighted by molar-refractivity contribution is 0.0712.